The third-order valence-electron chi connectivity index (χ3n) is 4.77. The van der Waals surface area contributed by atoms with E-state index in [9.17, 15) is 0 Å². The smallest absolute Gasteiger partial charge is 0.127 e. The molecule has 10 nitrogen and oxygen atoms in total. The maximum atomic E-state index is 9.15. The van der Waals surface area contributed by atoms with E-state index in [0.29, 0.717) is 26.2 Å². The lowest BCUT2D eigenvalue weighted by Gasteiger charge is -2.42. The second kappa shape index (κ2) is 11.6. The molecule has 0 aromatic heterocycles. The Kier molecular flexibility index (Phi) is 10.2. The van der Waals surface area contributed by atoms with E-state index in [4.69, 9.17) is 40.4 Å². The maximum Gasteiger partial charge on any atom is 0.127 e. The van der Waals surface area contributed by atoms with Crippen molar-refractivity contribution in [1.82, 2.24) is 9.80 Å². The Balaban J connectivity index is 0.000000280. The summed E-state index contributed by atoms with van der Waals surface area (Å²) >= 11 is 0. The van der Waals surface area contributed by atoms with Crippen molar-refractivity contribution in [3.8, 4) is 12.1 Å². The monoisotopic (exact) mass is 400 g/mol. The number of nitriles is 2. The average Bonchev–Trinajstić information content (AvgIpc) is 2.68. The first kappa shape index (κ1) is 24.7. The molecule has 0 spiro atoms. The van der Waals surface area contributed by atoms with Gasteiger partial charge in [-0.05, 0) is 14.1 Å². The Bertz CT molecular complexity index is 493. The van der Waals surface area contributed by atoms with Gasteiger partial charge in [0, 0.05) is 26.2 Å². The minimum Gasteiger partial charge on any atom is -0.393 e. The molecular weight excluding hydrogens is 368 g/mol. The number of aliphatic hydroxyl groups excluding tert-OH is 4. The minimum absolute atomic E-state index is 0.224. The van der Waals surface area contributed by atoms with E-state index in [1.54, 1.807) is 0 Å². The van der Waals surface area contributed by atoms with Crippen LogP contribution in [0.4, 0.5) is 0 Å². The fraction of sp³-hybridized carbons (Fsp3) is 0.889. The second-order valence-corrected chi connectivity index (χ2v) is 7.60. The minimum atomic E-state index is -0.908. The van der Waals surface area contributed by atoms with Gasteiger partial charge < -0.3 is 39.7 Å². The molecule has 0 radical (unpaired) electrons. The molecule has 2 atom stereocenters. The molecule has 28 heavy (non-hydrogen) atoms. The maximum absolute atomic E-state index is 9.15. The van der Waals surface area contributed by atoms with E-state index < -0.39 is 11.2 Å². The summed E-state index contributed by atoms with van der Waals surface area (Å²) in [5, 5.41) is 53.7. The zero-order valence-electron chi connectivity index (χ0n) is 16.6. The lowest BCUT2D eigenvalue weighted by atomic mass is 10.0. The first-order valence-electron chi connectivity index (χ1n) is 9.21. The van der Waals surface area contributed by atoms with Gasteiger partial charge in [-0.2, -0.15) is 10.5 Å². The molecule has 2 aliphatic rings. The van der Waals surface area contributed by atoms with Crippen molar-refractivity contribution in [2.75, 3.05) is 66.7 Å². The Labute approximate surface area is 166 Å². The van der Waals surface area contributed by atoms with Crippen molar-refractivity contribution in [3.05, 3.63) is 0 Å². The van der Waals surface area contributed by atoms with Crippen molar-refractivity contribution < 1.29 is 29.9 Å². The Morgan fingerprint density at radius 1 is 0.786 bits per heavy atom. The number of aliphatic hydroxyl groups is 4. The summed E-state index contributed by atoms with van der Waals surface area (Å²) in [6.07, 6.45) is 0.120. The van der Waals surface area contributed by atoms with E-state index in [-0.39, 0.29) is 51.5 Å². The molecule has 0 unspecified atom stereocenters. The number of nitrogens with zero attached hydrogens (tertiary/aromatic N) is 4. The van der Waals surface area contributed by atoms with Gasteiger partial charge in [0.1, 0.15) is 11.2 Å². The summed E-state index contributed by atoms with van der Waals surface area (Å²) in [4.78, 5) is 3.91. The molecule has 2 fully saturated rings. The van der Waals surface area contributed by atoms with Crippen molar-refractivity contribution >= 4 is 0 Å². The van der Waals surface area contributed by atoms with Crippen molar-refractivity contribution in [2.45, 2.75) is 36.3 Å². The van der Waals surface area contributed by atoms with Gasteiger partial charge in [0.05, 0.1) is 63.6 Å². The van der Waals surface area contributed by atoms with Crippen LogP contribution < -0.4 is 0 Å². The summed E-state index contributed by atoms with van der Waals surface area (Å²) in [5.74, 6) is 0. The third-order valence-corrected chi connectivity index (χ3v) is 4.77. The summed E-state index contributed by atoms with van der Waals surface area (Å²) < 4.78 is 11.0. The van der Waals surface area contributed by atoms with E-state index in [1.807, 2.05) is 36.0 Å². The molecule has 0 aromatic rings. The molecule has 2 saturated heterocycles. The van der Waals surface area contributed by atoms with Crippen LogP contribution in [0.15, 0.2) is 0 Å². The zero-order valence-corrected chi connectivity index (χ0v) is 16.6. The van der Waals surface area contributed by atoms with E-state index in [0.717, 1.165) is 0 Å². The highest BCUT2D eigenvalue weighted by atomic mass is 16.5. The van der Waals surface area contributed by atoms with E-state index >= 15 is 0 Å². The largest absolute Gasteiger partial charge is 0.393 e. The molecule has 0 aliphatic carbocycles. The van der Waals surface area contributed by atoms with Gasteiger partial charge in [0.2, 0.25) is 0 Å². The molecule has 0 saturated carbocycles. The summed E-state index contributed by atoms with van der Waals surface area (Å²) in [6.45, 7) is 1.39. The average molecular weight is 400 g/mol. The van der Waals surface area contributed by atoms with Crippen molar-refractivity contribution in [2.24, 2.45) is 0 Å². The highest BCUT2D eigenvalue weighted by Crippen LogP contribution is 2.22. The van der Waals surface area contributed by atoms with Crippen LogP contribution >= 0.6 is 0 Å². The van der Waals surface area contributed by atoms with Crippen LogP contribution in [-0.2, 0) is 9.47 Å². The van der Waals surface area contributed by atoms with Crippen molar-refractivity contribution in [1.29, 1.82) is 10.5 Å². The van der Waals surface area contributed by atoms with Gasteiger partial charge in [0.25, 0.3) is 0 Å². The van der Waals surface area contributed by atoms with Gasteiger partial charge in [-0.15, -0.1) is 0 Å². The van der Waals surface area contributed by atoms with Crippen LogP contribution in [0.3, 0.4) is 0 Å². The summed E-state index contributed by atoms with van der Waals surface area (Å²) in [7, 11) is 3.76. The van der Waals surface area contributed by atoms with Crippen LogP contribution in [0, 0.1) is 22.7 Å². The lowest BCUT2D eigenvalue weighted by Crippen LogP contribution is -2.58. The quantitative estimate of drug-likeness (QED) is 0.390. The molecule has 0 amide bonds. The first-order chi connectivity index (χ1) is 13.3. The number of rotatable bonds is 6. The second-order valence-electron chi connectivity index (χ2n) is 7.60. The summed E-state index contributed by atoms with van der Waals surface area (Å²) in [5.41, 5.74) is -1.82. The summed E-state index contributed by atoms with van der Waals surface area (Å²) in [6, 6.07) is 4.06. The molecule has 4 N–H and O–H groups in total. The number of hydrogen-bond donors (Lipinski definition) is 4. The zero-order chi connectivity index (χ0) is 21.2. The van der Waals surface area contributed by atoms with Gasteiger partial charge in [0.15, 0.2) is 0 Å². The third kappa shape index (κ3) is 6.92. The first-order valence-corrected chi connectivity index (χ1v) is 9.21. The predicted molar refractivity (Wildman–Crippen MR) is 99.0 cm³/mol. The standard InChI is InChI=1S/2C9H16N2O3/c2*1-11-4-8(2-3-10)14-9(5-11,6-12)7-13/h2*8,12-13H,2,4-7H2,1H3/t2*8-/m10/s1. The highest BCUT2D eigenvalue weighted by Gasteiger charge is 2.39. The highest BCUT2D eigenvalue weighted by molar-refractivity contribution is 4.93. The molecule has 0 aromatic carbocycles. The number of hydrogen-bond acceptors (Lipinski definition) is 10. The number of likely N-dealkylation sites (N-methyl/N-ethyl adjacent to an activating group) is 2. The molecular formula is C18H32N4O6. The van der Waals surface area contributed by atoms with Crippen molar-refractivity contribution in [3.63, 3.8) is 0 Å². The van der Waals surface area contributed by atoms with Crippen LogP contribution in [0.1, 0.15) is 12.8 Å². The number of morpholine rings is 2. The van der Waals surface area contributed by atoms with Gasteiger partial charge >= 0.3 is 0 Å². The van der Waals surface area contributed by atoms with Gasteiger partial charge in [-0.3, -0.25) is 0 Å². The molecule has 2 heterocycles. The topological polar surface area (TPSA) is 153 Å². The van der Waals surface area contributed by atoms with Crippen LogP contribution in [0.25, 0.3) is 0 Å². The molecule has 2 rings (SSSR count). The predicted octanol–water partition coefficient (Wildman–Crippen LogP) is -2.09. The SMILES string of the molecule is CN1C[C@@H](CC#N)OC(CO)(CO)C1.CN1C[C@H](CC#N)OC(CO)(CO)C1. The Morgan fingerprint density at radius 3 is 1.36 bits per heavy atom. The lowest BCUT2D eigenvalue weighted by molar-refractivity contribution is -0.184. The Morgan fingerprint density at radius 2 is 1.11 bits per heavy atom. The van der Waals surface area contributed by atoms with Crippen LogP contribution in [0.5, 0.6) is 0 Å². The van der Waals surface area contributed by atoms with E-state index in [2.05, 4.69) is 0 Å². The number of ether oxygens (including phenoxy) is 2. The fourth-order valence-electron chi connectivity index (χ4n) is 3.53. The van der Waals surface area contributed by atoms with Gasteiger partial charge in [-0.1, -0.05) is 0 Å². The normalized spacial score (nSPS) is 27.1. The Hall–Kier alpha value is -1.34. The van der Waals surface area contributed by atoms with Crippen LogP contribution in [-0.4, -0.2) is 120 Å². The van der Waals surface area contributed by atoms with Gasteiger partial charge in [-0.25, -0.2) is 0 Å². The molecule has 2 aliphatic heterocycles. The molecule has 10 heteroatoms. The molecule has 160 valence electrons. The van der Waals surface area contributed by atoms with Crippen LogP contribution in [0.2, 0.25) is 0 Å². The fourth-order valence-corrected chi connectivity index (χ4v) is 3.53. The molecule has 0 bridgehead atoms. The van der Waals surface area contributed by atoms with E-state index in [1.165, 1.54) is 0 Å².